The van der Waals surface area contributed by atoms with E-state index in [2.05, 4.69) is 26.6 Å². The molecule has 3 nitrogen and oxygen atoms in total. The number of carbonyl (C=O) groups is 1. The van der Waals surface area contributed by atoms with Crippen molar-refractivity contribution < 1.29 is 4.79 Å². The first-order valence-electron chi connectivity index (χ1n) is 5.79. The molecule has 0 aliphatic heterocycles. The van der Waals surface area contributed by atoms with Crippen LogP contribution in [-0.2, 0) is 4.79 Å². The number of hydrogen-bond acceptors (Lipinski definition) is 2. The third-order valence-corrected chi connectivity index (χ3v) is 3.87. The quantitative estimate of drug-likeness (QED) is 0.807. The van der Waals surface area contributed by atoms with Crippen LogP contribution in [0.3, 0.4) is 0 Å². The summed E-state index contributed by atoms with van der Waals surface area (Å²) in [5.41, 5.74) is 1.36. The van der Waals surface area contributed by atoms with Crippen LogP contribution in [0, 0.1) is 0 Å². The lowest BCUT2D eigenvalue weighted by atomic mass is 10.3. The Balaban J connectivity index is 1.92. The van der Waals surface area contributed by atoms with Crippen LogP contribution < -0.4 is 10.6 Å². The second kappa shape index (κ2) is 6.97. The number of anilines is 2. The van der Waals surface area contributed by atoms with E-state index in [0.29, 0.717) is 15.7 Å². The largest absolute Gasteiger partial charge is 0.375 e. The molecule has 0 aromatic heterocycles. The van der Waals surface area contributed by atoms with E-state index in [1.807, 2.05) is 24.3 Å². The fourth-order valence-electron chi connectivity index (χ4n) is 1.55. The third-order valence-electron chi connectivity index (χ3n) is 2.52. The molecule has 0 spiro atoms. The minimum atomic E-state index is -0.164. The van der Waals surface area contributed by atoms with E-state index < -0.39 is 0 Å². The summed E-state index contributed by atoms with van der Waals surface area (Å²) in [6, 6.07) is 12.6. The number of hydrogen-bond donors (Lipinski definition) is 2. The zero-order chi connectivity index (χ0) is 14.5. The smallest absolute Gasteiger partial charge is 0.243 e. The van der Waals surface area contributed by atoms with Crippen LogP contribution in [0.2, 0.25) is 10.0 Å². The molecule has 0 heterocycles. The van der Waals surface area contributed by atoms with Crippen LogP contribution in [0.25, 0.3) is 0 Å². The molecule has 6 heteroatoms. The van der Waals surface area contributed by atoms with Gasteiger partial charge in [-0.25, -0.2) is 0 Å². The van der Waals surface area contributed by atoms with Crippen LogP contribution in [0.5, 0.6) is 0 Å². The zero-order valence-corrected chi connectivity index (χ0v) is 13.4. The summed E-state index contributed by atoms with van der Waals surface area (Å²) in [5, 5.41) is 6.58. The highest BCUT2D eigenvalue weighted by Crippen LogP contribution is 2.29. The van der Waals surface area contributed by atoms with E-state index in [1.165, 1.54) is 0 Å². The Morgan fingerprint density at radius 2 is 1.80 bits per heavy atom. The van der Waals surface area contributed by atoms with Crippen molar-refractivity contribution in [1.29, 1.82) is 0 Å². The predicted molar refractivity (Wildman–Crippen MR) is 87.7 cm³/mol. The summed E-state index contributed by atoms with van der Waals surface area (Å²) in [7, 11) is 0. The van der Waals surface area contributed by atoms with Gasteiger partial charge in [-0.1, -0.05) is 45.2 Å². The van der Waals surface area contributed by atoms with Crippen molar-refractivity contribution in [2.75, 3.05) is 17.2 Å². The van der Waals surface area contributed by atoms with Crippen LogP contribution in [0.4, 0.5) is 11.4 Å². The van der Waals surface area contributed by atoms with Crippen molar-refractivity contribution >= 4 is 56.4 Å². The first kappa shape index (κ1) is 15.2. The molecule has 0 atom stereocenters. The van der Waals surface area contributed by atoms with Gasteiger partial charge in [0.25, 0.3) is 0 Å². The molecule has 0 fully saturated rings. The van der Waals surface area contributed by atoms with Crippen LogP contribution >= 0.6 is 39.1 Å². The Hall–Kier alpha value is -1.23. The summed E-state index contributed by atoms with van der Waals surface area (Å²) in [4.78, 5) is 11.8. The zero-order valence-electron chi connectivity index (χ0n) is 10.3. The molecule has 0 radical (unpaired) electrons. The Bertz CT molecular complexity index is 617. The monoisotopic (exact) mass is 372 g/mol. The molecular formula is C14H11BrCl2N2O. The summed E-state index contributed by atoms with van der Waals surface area (Å²) < 4.78 is 0.958. The van der Waals surface area contributed by atoms with Gasteiger partial charge in [0.2, 0.25) is 5.91 Å². The lowest BCUT2D eigenvalue weighted by Crippen LogP contribution is -2.21. The van der Waals surface area contributed by atoms with Gasteiger partial charge in [0.1, 0.15) is 0 Å². The summed E-state index contributed by atoms with van der Waals surface area (Å²) in [5.74, 6) is -0.164. The number of halogens is 3. The minimum absolute atomic E-state index is 0.107. The van der Waals surface area contributed by atoms with Gasteiger partial charge in [0.05, 0.1) is 22.3 Å². The molecule has 1 amide bonds. The molecule has 2 N–H and O–H groups in total. The highest BCUT2D eigenvalue weighted by molar-refractivity contribution is 9.10. The highest BCUT2D eigenvalue weighted by atomic mass is 79.9. The van der Waals surface area contributed by atoms with Gasteiger partial charge in [-0.3, -0.25) is 4.79 Å². The Morgan fingerprint density at radius 3 is 2.50 bits per heavy atom. The van der Waals surface area contributed by atoms with Crippen LogP contribution in [-0.4, -0.2) is 12.5 Å². The summed E-state index contributed by atoms with van der Waals surface area (Å²) in [6.45, 7) is 0.107. The van der Waals surface area contributed by atoms with E-state index >= 15 is 0 Å². The maximum absolute atomic E-state index is 11.8. The molecule has 104 valence electrons. The first-order chi connectivity index (χ1) is 9.56. The number of amides is 1. The lowest BCUT2D eigenvalue weighted by molar-refractivity contribution is -0.114. The fraction of sp³-hybridized carbons (Fsp3) is 0.0714. The van der Waals surface area contributed by atoms with Gasteiger partial charge in [0.15, 0.2) is 0 Å². The van der Waals surface area contributed by atoms with Crippen molar-refractivity contribution in [3.8, 4) is 0 Å². The van der Waals surface area contributed by atoms with Gasteiger partial charge in [0, 0.05) is 10.2 Å². The maximum Gasteiger partial charge on any atom is 0.243 e. The topological polar surface area (TPSA) is 41.1 Å². The van der Waals surface area contributed by atoms with Crippen molar-refractivity contribution in [2.24, 2.45) is 0 Å². The normalized spacial score (nSPS) is 10.2. The number of nitrogens with one attached hydrogen (secondary N) is 2. The highest BCUT2D eigenvalue weighted by Gasteiger charge is 2.06. The first-order valence-corrected chi connectivity index (χ1v) is 7.34. The molecule has 0 saturated carbocycles. The van der Waals surface area contributed by atoms with E-state index in [0.717, 1.165) is 10.2 Å². The molecule has 0 unspecified atom stereocenters. The average Bonchev–Trinajstić information content (AvgIpc) is 2.43. The molecule has 2 rings (SSSR count). The van der Waals surface area contributed by atoms with Gasteiger partial charge in [-0.2, -0.15) is 0 Å². The van der Waals surface area contributed by atoms with E-state index in [-0.39, 0.29) is 12.5 Å². The van der Waals surface area contributed by atoms with Gasteiger partial charge >= 0.3 is 0 Å². The number of carbonyl (C=O) groups excluding carboxylic acids is 1. The molecule has 0 aliphatic rings. The van der Waals surface area contributed by atoms with E-state index in [1.54, 1.807) is 18.2 Å². The second-order valence-electron chi connectivity index (χ2n) is 4.01. The predicted octanol–water partition coefficient (Wildman–Crippen LogP) is 4.81. The van der Waals surface area contributed by atoms with Crippen LogP contribution in [0.1, 0.15) is 0 Å². The maximum atomic E-state index is 11.8. The van der Waals surface area contributed by atoms with Crippen molar-refractivity contribution in [3.63, 3.8) is 0 Å². The van der Waals surface area contributed by atoms with Crippen molar-refractivity contribution in [3.05, 3.63) is 57.0 Å². The van der Waals surface area contributed by atoms with Gasteiger partial charge < -0.3 is 10.6 Å². The lowest BCUT2D eigenvalue weighted by Gasteiger charge is -2.10. The van der Waals surface area contributed by atoms with E-state index in [9.17, 15) is 4.79 Å². The minimum Gasteiger partial charge on any atom is -0.375 e. The Kier molecular flexibility index (Phi) is 5.29. The molecule has 2 aromatic rings. The third kappa shape index (κ3) is 4.13. The molecule has 20 heavy (non-hydrogen) atoms. The second-order valence-corrected chi connectivity index (χ2v) is 5.71. The molecule has 0 bridgehead atoms. The Labute approximate surface area is 135 Å². The molecule has 2 aromatic carbocycles. The Morgan fingerprint density at radius 1 is 1.10 bits per heavy atom. The molecule has 0 saturated heterocycles. The van der Waals surface area contributed by atoms with E-state index in [4.69, 9.17) is 23.2 Å². The van der Waals surface area contributed by atoms with Gasteiger partial charge in [-0.05, 0) is 36.4 Å². The van der Waals surface area contributed by atoms with Crippen molar-refractivity contribution in [1.82, 2.24) is 0 Å². The van der Waals surface area contributed by atoms with Crippen molar-refractivity contribution in [2.45, 2.75) is 0 Å². The standard InChI is InChI=1S/C14H11BrCl2N2O/c15-9-4-6-10(7-5-9)19-13(20)8-18-12-3-1-2-11(16)14(12)17/h1-7,18H,8H2,(H,19,20). The number of rotatable bonds is 4. The number of benzene rings is 2. The molecular weight excluding hydrogens is 363 g/mol. The SMILES string of the molecule is O=C(CNc1cccc(Cl)c1Cl)Nc1ccc(Br)cc1. The van der Waals surface area contributed by atoms with Crippen LogP contribution in [0.15, 0.2) is 46.9 Å². The summed E-state index contributed by atoms with van der Waals surface area (Å²) >= 11 is 15.3. The molecule has 0 aliphatic carbocycles. The average molecular weight is 374 g/mol. The summed E-state index contributed by atoms with van der Waals surface area (Å²) in [6.07, 6.45) is 0. The fourth-order valence-corrected chi connectivity index (χ4v) is 2.19. The van der Waals surface area contributed by atoms with Gasteiger partial charge in [-0.15, -0.1) is 0 Å².